The molecule has 0 saturated heterocycles. The van der Waals surface area contributed by atoms with Crippen LogP contribution in [0.2, 0.25) is 0 Å². The molecule has 0 heterocycles. The van der Waals surface area contributed by atoms with Crippen molar-refractivity contribution in [2.75, 3.05) is 19.0 Å². The summed E-state index contributed by atoms with van der Waals surface area (Å²) in [5, 5.41) is 11.4. The van der Waals surface area contributed by atoms with Crippen molar-refractivity contribution >= 4 is 22.7 Å². The molecule has 2 aromatic carbocycles. The first kappa shape index (κ1) is 10.5. The van der Waals surface area contributed by atoms with Gasteiger partial charge in [-0.05, 0) is 29.7 Å². The highest BCUT2D eigenvalue weighted by molar-refractivity contribution is 5.95. The van der Waals surface area contributed by atoms with E-state index in [-0.39, 0.29) is 5.75 Å². The van der Waals surface area contributed by atoms with Gasteiger partial charge in [-0.15, -0.1) is 0 Å². The third-order valence-corrected chi connectivity index (χ3v) is 2.59. The Balaban J connectivity index is 2.70. The van der Waals surface area contributed by atoms with E-state index in [2.05, 4.69) is 0 Å². The maximum Gasteiger partial charge on any atom is 0.150 e. The molecular formula is C13H13NO2. The van der Waals surface area contributed by atoms with Crippen LogP contribution in [0.5, 0.6) is 5.75 Å². The van der Waals surface area contributed by atoms with Gasteiger partial charge in [0.1, 0.15) is 12.0 Å². The first-order valence-electron chi connectivity index (χ1n) is 5.01. The average molecular weight is 215 g/mol. The van der Waals surface area contributed by atoms with E-state index in [0.717, 1.165) is 22.7 Å². The molecule has 0 aliphatic carbocycles. The van der Waals surface area contributed by atoms with Crippen LogP contribution in [-0.4, -0.2) is 25.5 Å². The van der Waals surface area contributed by atoms with E-state index in [9.17, 15) is 9.90 Å². The molecule has 1 N–H and O–H groups in total. The summed E-state index contributed by atoms with van der Waals surface area (Å²) in [7, 11) is 3.88. The van der Waals surface area contributed by atoms with Gasteiger partial charge in [0.15, 0.2) is 0 Å². The number of hydrogen-bond acceptors (Lipinski definition) is 3. The highest BCUT2D eigenvalue weighted by Gasteiger charge is 2.04. The fraction of sp³-hybridized carbons (Fsp3) is 0.154. The second-order valence-corrected chi connectivity index (χ2v) is 3.96. The third kappa shape index (κ3) is 1.72. The van der Waals surface area contributed by atoms with Gasteiger partial charge in [-0.2, -0.15) is 0 Å². The molecule has 2 aromatic rings. The van der Waals surface area contributed by atoms with Gasteiger partial charge >= 0.3 is 0 Å². The smallest absolute Gasteiger partial charge is 0.150 e. The summed E-state index contributed by atoms with van der Waals surface area (Å²) in [5.41, 5.74) is 1.50. The quantitative estimate of drug-likeness (QED) is 0.782. The number of phenols is 1. The standard InChI is InChI=1S/C13H13NO2/c1-14(2)11-4-3-10-5-9(8-15)6-13(16)12(10)7-11/h3-8,16H,1-2H3. The van der Waals surface area contributed by atoms with E-state index < -0.39 is 0 Å². The fourth-order valence-corrected chi connectivity index (χ4v) is 1.70. The number of aldehydes is 1. The molecule has 2 rings (SSSR count). The van der Waals surface area contributed by atoms with Gasteiger partial charge in [-0.25, -0.2) is 0 Å². The van der Waals surface area contributed by atoms with Crippen LogP contribution < -0.4 is 4.90 Å². The van der Waals surface area contributed by atoms with Crippen molar-refractivity contribution < 1.29 is 9.90 Å². The Labute approximate surface area is 93.9 Å². The molecule has 0 fully saturated rings. The van der Waals surface area contributed by atoms with Gasteiger partial charge in [0, 0.05) is 30.7 Å². The number of benzene rings is 2. The van der Waals surface area contributed by atoms with Crippen molar-refractivity contribution in [1.29, 1.82) is 0 Å². The van der Waals surface area contributed by atoms with Gasteiger partial charge in [0.25, 0.3) is 0 Å². The minimum atomic E-state index is 0.142. The lowest BCUT2D eigenvalue weighted by Gasteiger charge is -2.13. The topological polar surface area (TPSA) is 40.5 Å². The Hall–Kier alpha value is -2.03. The molecule has 16 heavy (non-hydrogen) atoms. The molecule has 0 saturated carbocycles. The van der Waals surface area contributed by atoms with Crippen LogP contribution in [0.4, 0.5) is 5.69 Å². The number of rotatable bonds is 2. The number of carbonyl (C=O) groups is 1. The number of nitrogens with zero attached hydrogens (tertiary/aromatic N) is 1. The molecule has 0 aromatic heterocycles. The van der Waals surface area contributed by atoms with Crippen molar-refractivity contribution in [3.63, 3.8) is 0 Å². The van der Waals surface area contributed by atoms with E-state index in [4.69, 9.17) is 0 Å². The molecule has 0 aliphatic rings. The predicted octanol–water partition coefficient (Wildman–Crippen LogP) is 2.42. The highest BCUT2D eigenvalue weighted by atomic mass is 16.3. The zero-order valence-electron chi connectivity index (χ0n) is 9.27. The lowest BCUT2D eigenvalue weighted by Crippen LogP contribution is -2.08. The number of hydrogen-bond donors (Lipinski definition) is 1. The van der Waals surface area contributed by atoms with Crippen LogP contribution >= 0.6 is 0 Å². The molecule has 0 aliphatic heterocycles. The van der Waals surface area contributed by atoms with Gasteiger partial charge in [-0.1, -0.05) is 6.07 Å². The van der Waals surface area contributed by atoms with Crippen molar-refractivity contribution in [2.45, 2.75) is 0 Å². The van der Waals surface area contributed by atoms with Crippen LogP contribution in [0, 0.1) is 0 Å². The Morgan fingerprint density at radius 3 is 2.56 bits per heavy atom. The van der Waals surface area contributed by atoms with Crippen molar-refractivity contribution in [3.8, 4) is 5.75 Å². The second kappa shape index (κ2) is 3.85. The Bertz CT molecular complexity index is 547. The normalized spacial score (nSPS) is 10.4. The van der Waals surface area contributed by atoms with E-state index in [1.165, 1.54) is 6.07 Å². The number of anilines is 1. The summed E-state index contributed by atoms with van der Waals surface area (Å²) < 4.78 is 0. The molecule has 82 valence electrons. The van der Waals surface area contributed by atoms with E-state index in [1.807, 2.05) is 37.2 Å². The van der Waals surface area contributed by atoms with Crippen LogP contribution in [0.15, 0.2) is 30.3 Å². The van der Waals surface area contributed by atoms with Gasteiger partial charge in [0.2, 0.25) is 0 Å². The lowest BCUT2D eigenvalue weighted by molar-refractivity contribution is 0.112. The lowest BCUT2D eigenvalue weighted by atomic mass is 10.1. The van der Waals surface area contributed by atoms with Crippen LogP contribution in [0.25, 0.3) is 10.8 Å². The number of fused-ring (bicyclic) bond motifs is 1. The first-order chi connectivity index (χ1) is 7.61. The van der Waals surface area contributed by atoms with E-state index in [0.29, 0.717) is 5.56 Å². The Morgan fingerprint density at radius 1 is 1.19 bits per heavy atom. The largest absolute Gasteiger partial charge is 0.507 e. The maximum absolute atomic E-state index is 10.7. The monoisotopic (exact) mass is 215 g/mol. The van der Waals surface area contributed by atoms with E-state index >= 15 is 0 Å². The minimum Gasteiger partial charge on any atom is -0.507 e. The number of carbonyl (C=O) groups excluding carboxylic acids is 1. The fourth-order valence-electron chi connectivity index (χ4n) is 1.70. The molecule has 0 atom stereocenters. The summed E-state index contributed by atoms with van der Waals surface area (Å²) in [5.74, 6) is 0.142. The summed E-state index contributed by atoms with van der Waals surface area (Å²) in [6.07, 6.45) is 0.735. The van der Waals surface area contributed by atoms with Gasteiger partial charge in [-0.3, -0.25) is 4.79 Å². The SMILES string of the molecule is CN(C)c1ccc2cc(C=O)cc(O)c2c1. The predicted molar refractivity (Wildman–Crippen MR) is 65.3 cm³/mol. The van der Waals surface area contributed by atoms with Crippen LogP contribution in [-0.2, 0) is 0 Å². The molecule has 0 spiro atoms. The van der Waals surface area contributed by atoms with Crippen molar-refractivity contribution in [1.82, 2.24) is 0 Å². The second-order valence-electron chi connectivity index (χ2n) is 3.96. The molecule has 3 heteroatoms. The van der Waals surface area contributed by atoms with Gasteiger partial charge < -0.3 is 10.0 Å². The zero-order chi connectivity index (χ0) is 11.7. The maximum atomic E-state index is 10.7. The molecular weight excluding hydrogens is 202 g/mol. The minimum absolute atomic E-state index is 0.142. The zero-order valence-corrected chi connectivity index (χ0v) is 9.27. The van der Waals surface area contributed by atoms with Crippen molar-refractivity contribution in [2.24, 2.45) is 0 Å². The van der Waals surface area contributed by atoms with E-state index in [1.54, 1.807) is 6.07 Å². The molecule has 0 bridgehead atoms. The summed E-state index contributed by atoms with van der Waals surface area (Å²) >= 11 is 0. The highest BCUT2D eigenvalue weighted by Crippen LogP contribution is 2.29. The molecule has 3 nitrogen and oxygen atoms in total. The van der Waals surface area contributed by atoms with Crippen LogP contribution in [0.1, 0.15) is 10.4 Å². The Morgan fingerprint density at radius 2 is 1.94 bits per heavy atom. The van der Waals surface area contributed by atoms with Gasteiger partial charge in [0.05, 0.1) is 0 Å². The third-order valence-electron chi connectivity index (χ3n) is 2.59. The molecule has 0 amide bonds. The van der Waals surface area contributed by atoms with Crippen LogP contribution in [0.3, 0.4) is 0 Å². The number of aromatic hydroxyl groups is 1. The first-order valence-corrected chi connectivity index (χ1v) is 5.01. The summed E-state index contributed by atoms with van der Waals surface area (Å²) in [4.78, 5) is 12.6. The summed E-state index contributed by atoms with van der Waals surface area (Å²) in [6.45, 7) is 0. The molecule has 0 radical (unpaired) electrons. The summed E-state index contributed by atoms with van der Waals surface area (Å²) in [6, 6.07) is 9.00. The average Bonchev–Trinajstić information content (AvgIpc) is 2.28. The molecule has 0 unspecified atom stereocenters. The van der Waals surface area contributed by atoms with Crippen molar-refractivity contribution in [3.05, 3.63) is 35.9 Å². The number of phenolic OH excluding ortho intramolecular Hbond substituents is 1. The Kier molecular flexibility index (Phi) is 2.52.